The molecule has 0 aromatic heterocycles. The molecule has 5 heteroatoms. The van der Waals surface area contributed by atoms with Gasteiger partial charge in [0.25, 0.3) is 10.1 Å². The average Bonchev–Trinajstić information content (AvgIpc) is 2.20. The molecule has 0 rings (SSSR count). The molecule has 0 heterocycles. The van der Waals surface area contributed by atoms with E-state index >= 15 is 0 Å². The topological polar surface area (TPSA) is 54.4 Å². The fraction of sp³-hybridized carbons (Fsp3) is 1.00. The number of unbranched alkanes of at least 4 members (excludes halogenated alkanes) is 7. The van der Waals surface area contributed by atoms with Gasteiger partial charge in [0.05, 0.1) is 0 Å². The molecule has 1 N–H and O–H groups in total. The fourth-order valence-corrected chi connectivity index (χ4v) is 2.38. The third kappa shape index (κ3) is 9.60. The third-order valence-electron chi connectivity index (χ3n) is 2.61. The van der Waals surface area contributed by atoms with Gasteiger partial charge in [0.2, 0.25) is 0 Å². The van der Waals surface area contributed by atoms with Gasteiger partial charge in [0.15, 0.2) is 0 Å². The van der Waals surface area contributed by atoms with Crippen molar-refractivity contribution >= 4 is 26.0 Å². The summed E-state index contributed by atoms with van der Waals surface area (Å²) < 4.78 is 29.3. The lowest BCUT2D eigenvalue weighted by atomic mass is 10.1. The molecule has 0 saturated carbocycles. The molecule has 0 aliphatic heterocycles. The Morgan fingerprint density at radius 3 is 1.88 bits per heavy atom. The molecule has 1 unspecified atom stereocenters. The highest BCUT2D eigenvalue weighted by molar-refractivity contribution is 9.11. The predicted molar refractivity (Wildman–Crippen MR) is 71.5 cm³/mol. The van der Waals surface area contributed by atoms with Gasteiger partial charge in [-0.25, -0.2) is 0 Å². The lowest BCUT2D eigenvalue weighted by Crippen LogP contribution is -2.12. The van der Waals surface area contributed by atoms with Crippen molar-refractivity contribution in [2.45, 2.75) is 68.9 Å². The van der Waals surface area contributed by atoms with Crippen LogP contribution < -0.4 is 0 Å². The van der Waals surface area contributed by atoms with Crippen molar-refractivity contribution in [1.82, 2.24) is 0 Å². The monoisotopic (exact) mass is 314 g/mol. The van der Waals surface area contributed by atoms with Crippen molar-refractivity contribution in [3.63, 3.8) is 0 Å². The zero-order valence-corrected chi connectivity index (χ0v) is 12.4. The second-order valence-corrected chi connectivity index (χ2v) is 7.50. The first-order valence-electron chi connectivity index (χ1n) is 6.09. The van der Waals surface area contributed by atoms with Gasteiger partial charge < -0.3 is 0 Å². The first-order chi connectivity index (χ1) is 7.48. The lowest BCUT2D eigenvalue weighted by molar-refractivity contribution is 0.475. The Bertz CT molecular complexity index is 252. The van der Waals surface area contributed by atoms with E-state index in [9.17, 15) is 8.42 Å². The highest BCUT2D eigenvalue weighted by Gasteiger charge is 2.17. The standard InChI is InChI=1S/C11H23BrO3S/c1-2-3-4-5-6-7-8-9-10-11(12)16(13,14)15/h11H,2-10H2,1H3,(H,13,14,15). The van der Waals surface area contributed by atoms with Gasteiger partial charge in [-0.15, -0.1) is 0 Å². The molecular formula is C11H23BrO3S. The van der Waals surface area contributed by atoms with Crippen LogP contribution in [0.25, 0.3) is 0 Å². The van der Waals surface area contributed by atoms with Crippen LogP contribution in [0.2, 0.25) is 0 Å². The van der Waals surface area contributed by atoms with Gasteiger partial charge >= 0.3 is 0 Å². The highest BCUT2D eigenvalue weighted by Crippen LogP contribution is 2.17. The van der Waals surface area contributed by atoms with E-state index in [1.54, 1.807) is 0 Å². The van der Waals surface area contributed by atoms with Gasteiger partial charge in [-0.3, -0.25) is 4.55 Å². The van der Waals surface area contributed by atoms with Gasteiger partial charge in [-0.1, -0.05) is 74.2 Å². The molecule has 0 aromatic rings. The Balaban J connectivity index is 3.28. The number of hydrogen-bond donors (Lipinski definition) is 1. The number of halogens is 1. The maximum Gasteiger partial charge on any atom is 0.277 e. The largest absolute Gasteiger partial charge is 0.285 e. The van der Waals surface area contributed by atoms with Crippen LogP contribution in [0.1, 0.15) is 64.7 Å². The molecule has 3 nitrogen and oxygen atoms in total. The van der Waals surface area contributed by atoms with E-state index in [0.29, 0.717) is 6.42 Å². The van der Waals surface area contributed by atoms with E-state index in [1.165, 1.54) is 32.1 Å². The maximum absolute atomic E-state index is 10.7. The summed E-state index contributed by atoms with van der Waals surface area (Å²) in [6.45, 7) is 2.20. The molecule has 0 aliphatic rings. The minimum absolute atomic E-state index is 0.494. The molecule has 98 valence electrons. The average molecular weight is 315 g/mol. The van der Waals surface area contributed by atoms with Gasteiger partial charge in [0.1, 0.15) is 4.16 Å². The SMILES string of the molecule is CCCCCCCCCCC(Br)S(=O)(=O)O. The van der Waals surface area contributed by atoms with Crippen LogP contribution in [-0.2, 0) is 10.1 Å². The van der Waals surface area contributed by atoms with Crippen LogP contribution in [0, 0.1) is 0 Å². The molecular weight excluding hydrogens is 292 g/mol. The van der Waals surface area contributed by atoms with Gasteiger partial charge in [0, 0.05) is 0 Å². The Hall–Kier alpha value is 0.390. The molecule has 0 bridgehead atoms. The normalized spacial score (nSPS) is 13.9. The first-order valence-corrected chi connectivity index (χ1v) is 8.50. The Kier molecular flexibility index (Phi) is 9.65. The third-order valence-corrected chi connectivity index (χ3v) is 5.36. The second-order valence-electron chi connectivity index (χ2n) is 4.19. The second kappa shape index (κ2) is 9.42. The molecule has 0 amide bonds. The molecule has 0 aliphatic carbocycles. The molecule has 0 fully saturated rings. The fourth-order valence-electron chi connectivity index (χ4n) is 1.59. The van der Waals surface area contributed by atoms with Crippen LogP contribution in [0.5, 0.6) is 0 Å². The molecule has 0 saturated heterocycles. The Labute approximate surface area is 108 Å². The highest BCUT2D eigenvalue weighted by atomic mass is 79.9. The molecule has 0 spiro atoms. The summed E-state index contributed by atoms with van der Waals surface area (Å²) in [7, 11) is -3.89. The van der Waals surface area contributed by atoms with Gasteiger partial charge in [-0.2, -0.15) is 8.42 Å². The first kappa shape index (κ1) is 16.4. The number of hydrogen-bond acceptors (Lipinski definition) is 2. The molecule has 0 aromatic carbocycles. The zero-order chi connectivity index (χ0) is 12.4. The molecule has 1 atom stereocenters. The van der Waals surface area contributed by atoms with Crippen molar-refractivity contribution in [2.24, 2.45) is 0 Å². The minimum Gasteiger partial charge on any atom is -0.285 e. The molecule has 0 radical (unpaired) electrons. The number of alkyl halides is 1. The summed E-state index contributed by atoms with van der Waals surface area (Å²) in [4.78, 5) is 0. The van der Waals surface area contributed by atoms with Crippen molar-refractivity contribution in [3.05, 3.63) is 0 Å². The maximum atomic E-state index is 10.7. The van der Waals surface area contributed by atoms with Crippen LogP contribution in [0.3, 0.4) is 0 Å². The van der Waals surface area contributed by atoms with E-state index in [-0.39, 0.29) is 0 Å². The summed E-state index contributed by atoms with van der Waals surface area (Å²) in [6, 6.07) is 0. The smallest absolute Gasteiger partial charge is 0.277 e. The Morgan fingerprint density at radius 2 is 1.44 bits per heavy atom. The lowest BCUT2D eigenvalue weighted by Gasteiger charge is -2.05. The summed E-state index contributed by atoms with van der Waals surface area (Å²) in [5.74, 6) is 0. The van der Waals surface area contributed by atoms with Crippen LogP contribution in [0.15, 0.2) is 0 Å². The summed E-state index contributed by atoms with van der Waals surface area (Å²) in [5, 5.41) is 0. The van der Waals surface area contributed by atoms with Crippen molar-refractivity contribution in [3.8, 4) is 0 Å². The number of rotatable bonds is 10. The summed E-state index contributed by atoms with van der Waals surface area (Å²) in [5.41, 5.74) is 0. The van der Waals surface area contributed by atoms with E-state index < -0.39 is 14.3 Å². The van der Waals surface area contributed by atoms with Crippen molar-refractivity contribution in [1.29, 1.82) is 0 Å². The minimum atomic E-state index is -3.89. The van der Waals surface area contributed by atoms with E-state index in [0.717, 1.165) is 19.3 Å². The van der Waals surface area contributed by atoms with E-state index in [2.05, 4.69) is 22.9 Å². The zero-order valence-electron chi connectivity index (χ0n) is 9.99. The van der Waals surface area contributed by atoms with E-state index in [1.807, 2.05) is 0 Å². The van der Waals surface area contributed by atoms with Crippen LogP contribution in [-0.4, -0.2) is 17.1 Å². The predicted octanol–water partition coefficient (Wildman–Crippen LogP) is 4.13. The summed E-state index contributed by atoms with van der Waals surface area (Å²) in [6.07, 6.45) is 9.95. The van der Waals surface area contributed by atoms with Crippen molar-refractivity contribution in [2.75, 3.05) is 0 Å². The summed E-state index contributed by atoms with van der Waals surface area (Å²) >= 11 is 2.96. The quantitative estimate of drug-likeness (QED) is 0.375. The van der Waals surface area contributed by atoms with Crippen molar-refractivity contribution < 1.29 is 13.0 Å². The van der Waals surface area contributed by atoms with Crippen LogP contribution in [0.4, 0.5) is 0 Å². The van der Waals surface area contributed by atoms with Gasteiger partial charge in [-0.05, 0) is 6.42 Å². The molecule has 16 heavy (non-hydrogen) atoms. The van der Waals surface area contributed by atoms with Crippen LogP contribution >= 0.6 is 15.9 Å². The van der Waals surface area contributed by atoms with E-state index in [4.69, 9.17) is 4.55 Å². The Morgan fingerprint density at radius 1 is 1.00 bits per heavy atom.